The highest BCUT2D eigenvalue weighted by molar-refractivity contribution is 5.77. The summed E-state index contributed by atoms with van der Waals surface area (Å²) in [6, 6.07) is 5.70. The summed E-state index contributed by atoms with van der Waals surface area (Å²) in [4.78, 5) is 24.3. The molecule has 0 amide bonds. The molecule has 0 unspecified atom stereocenters. The van der Waals surface area contributed by atoms with Crippen molar-refractivity contribution in [3.63, 3.8) is 0 Å². The lowest BCUT2D eigenvalue weighted by molar-refractivity contribution is -0.161. The summed E-state index contributed by atoms with van der Waals surface area (Å²) >= 11 is 0. The number of carbonyl (C=O) groups is 2. The van der Waals surface area contributed by atoms with Crippen molar-refractivity contribution in [1.82, 2.24) is 0 Å². The molecule has 27 heavy (non-hydrogen) atoms. The van der Waals surface area contributed by atoms with Gasteiger partial charge in [0.2, 0.25) is 0 Å². The number of methoxy groups -OCH3 is 1. The van der Waals surface area contributed by atoms with Gasteiger partial charge in [0.25, 0.3) is 0 Å². The van der Waals surface area contributed by atoms with Gasteiger partial charge in [-0.3, -0.25) is 4.79 Å². The summed E-state index contributed by atoms with van der Waals surface area (Å²) in [6.45, 7) is 4.13. The molecule has 1 fully saturated rings. The molecule has 0 aromatic heterocycles. The van der Waals surface area contributed by atoms with Gasteiger partial charge in [-0.2, -0.15) is 0 Å². The number of terminal acetylenes is 1. The number of rotatable bonds is 3. The van der Waals surface area contributed by atoms with E-state index in [0.29, 0.717) is 5.75 Å². The van der Waals surface area contributed by atoms with E-state index in [1.54, 1.807) is 6.07 Å². The second-order valence-corrected chi connectivity index (χ2v) is 7.94. The van der Waals surface area contributed by atoms with Crippen molar-refractivity contribution in [2.75, 3.05) is 13.7 Å². The van der Waals surface area contributed by atoms with Gasteiger partial charge in [0, 0.05) is 0 Å². The fourth-order valence-corrected chi connectivity index (χ4v) is 5.21. The summed E-state index contributed by atoms with van der Waals surface area (Å²) < 4.78 is 15.2. The van der Waals surface area contributed by atoms with E-state index in [1.165, 1.54) is 12.7 Å². The number of hydrogen-bond donors (Lipinski definition) is 0. The van der Waals surface area contributed by atoms with E-state index in [4.69, 9.17) is 20.6 Å². The van der Waals surface area contributed by atoms with Gasteiger partial charge in [0.15, 0.2) is 6.61 Å². The van der Waals surface area contributed by atoms with Crippen molar-refractivity contribution in [3.8, 4) is 18.1 Å². The number of fused-ring (bicyclic) bond motifs is 3. The highest BCUT2D eigenvalue weighted by Crippen LogP contribution is 2.57. The lowest BCUT2D eigenvalue weighted by Crippen LogP contribution is -2.52. The highest BCUT2D eigenvalue weighted by atomic mass is 16.7. The summed E-state index contributed by atoms with van der Waals surface area (Å²) in [6.07, 6.45) is 8.90. The molecule has 2 aliphatic carbocycles. The van der Waals surface area contributed by atoms with E-state index >= 15 is 0 Å². The number of benzene rings is 1. The smallest absolute Gasteiger partial charge is 0.469 e. The first-order valence-electron chi connectivity index (χ1n) is 9.35. The maximum atomic E-state index is 12.6. The monoisotopic (exact) mass is 370 g/mol. The Bertz CT molecular complexity index is 792. The van der Waals surface area contributed by atoms with E-state index in [2.05, 4.69) is 12.8 Å². The van der Waals surface area contributed by atoms with Gasteiger partial charge in [-0.05, 0) is 67.2 Å². The number of ether oxygens (including phenoxy) is 3. The summed E-state index contributed by atoms with van der Waals surface area (Å²) in [7, 11) is 1.46. The van der Waals surface area contributed by atoms with E-state index in [9.17, 15) is 9.59 Å². The van der Waals surface area contributed by atoms with Gasteiger partial charge in [0.05, 0.1) is 12.5 Å². The van der Waals surface area contributed by atoms with Crippen LogP contribution in [0.1, 0.15) is 50.7 Å². The lowest BCUT2D eigenvalue weighted by atomic mass is 9.50. The first-order valence-corrected chi connectivity index (χ1v) is 9.35. The van der Waals surface area contributed by atoms with E-state index in [1.807, 2.05) is 19.1 Å². The van der Waals surface area contributed by atoms with E-state index in [0.717, 1.165) is 37.7 Å². The molecule has 1 saturated carbocycles. The van der Waals surface area contributed by atoms with Crippen LogP contribution in [0.5, 0.6) is 5.75 Å². The summed E-state index contributed by atoms with van der Waals surface area (Å²) in [5.41, 5.74) is 1.72. The number of aryl methyl sites for hydroxylation is 1. The fourth-order valence-electron chi connectivity index (χ4n) is 5.21. The van der Waals surface area contributed by atoms with E-state index < -0.39 is 11.6 Å². The molecule has 144 valence electrons. The lowest BCUT2D eigenvalue weighted by Gasteiger charge is -2.54. The minimum absolute atomic E-state index is 0.124. The first-order chi connectivity index (χ1) is 12.8. The molecule has 0 radical (unpaired) electrons. The Balaban J connectivity index is 1.94. The molecular formula is C22H26O5. The fraction of sp³-hybridized carbons (Fsp3) is 0.545. The second-order valence-electron chi connectivity index (χ2n) is 7.94. The maximum Gasteiger partial charge on any atom is 0.514 e. The number of carbonyl (C=O) groups excluding carboxylic acids is 2. The molecule has 2 aliphatic rings. The molecule has 0 heterocycles. The highest BCUT2D eigenvalue weighted by Gasteiger charge is 2.55. The van der Waals surface area contributed by atoms with Crippen molar-refractivity contribution in [2.45, 2.75) is 51.4 Å². The van der Waals surface area contributed by atoms with Crippen LogP contribution in [0.25, 0.3) is 0 Å². The third-order valence-electron chi connectivity index (χ3n) is 6.46. The molecule has 0 spiro atoms. The predicted molar refractivity (Wildman–Crippen MR) is 100 cm³/mol. The van der Waals surface area contributed by atoms with Crippen LogP contribution < -0.4 is 4.74 Å². The van der Waals surface area contributed by atoms with Crippen LogP contribution in [0.2, 0.25) is 0 Å². The Labute approximate surface area is 160 Å². The Morgan fingerprint density at radius 1 is 1.30 bits per heavy atom. The zero-order valence-corrected chi connectivity index (χ0v) is 16.2. The van der Waals surface area contributed by atoms with Gasteiger partial charge in [-0.25, -0.2) is 4.79 Å². The van der Waals surface area contributed by atoms with Crippen molar-refractivity contribution in [1.29, 1.82) is 0 Å². The van der Waals surface area contributed by atoms with Crippen LogP contribution >= 0.6 is 0 Å². The van der Waals surface area contributed by atoms with Crippen molar-refractivity contribution in [3.05, 3.63) is 29.3 Å². The Kier molecular flexibility index (Phi) is 5.19. The van der Waals surface area contributed by atoms with Crippen LogP contribution in [0.4, 0.5) is 4.79 Å². The topological polar surface area (TPSA) is 61.8 Å². The van der Waals surface area contributed by atoms with Crippen molar-refractivity contribution >= 4 is 12.1 Å². The van der Waals surface area contributed by atoms with Gasteiger partial charge < -0.3 is 14.2 Å². The van der Waals surface area contributed by atoms with Crippen LogP contribution in [0.15, 0.2) is 18.2 Å². The van der Waals surface area contributed by atoms with Gasteiger partial charge in [0.1, 0.15) is 5.75 Å². The summed E-state index contributed by atoms with van der Waals surface area (Å²) in [5, 5.41) is 0. The third-order valence-corrected chi connectivity index (χ3v) is 6.46. The van der Waals surface area contributed by atoms with Crippen LogP contribution in [-0.2, 0) is 26.1 Å². The molecule has 0 aliphatic heterocycles. The molecular weight excluding hydrogens is 344 g/mol. The molecule has 0 bridgehead atoms. The standard InChI is InChI=1S/C22H26O5/c1-5-13-26-20(24)27-16-9-7-15-8-10-18-21(2,17(15)14-16)11-6-12-22(18,3)19(23)25-4/h1,7,9,14,18H,6,8,10-13H2,2-4H3/t18-,21-,22+/m1/s1. The van der Waals surface area contributed by atoms with Gasteiger partial charge in [-0.1, -0.05) is 25.3 Å². The molecule has 5 heteroatoms. The maximum absolute atomic E-state index is 12.6. The van der Waals surface area contributed by atoms with Crippen molar-refractivity contribution in [2.24, 2.45) is 11.3 Å². The Morgan fingerprint density at radius 3 is 2.78 bits per heavy atom. The average Bonchev–Trinajstić information content (AvgIpc) is 2.65. The van der Waals surface area contributed by atoms with Gasteiger partial charge >= 0.3 is 12.1 Å². The number of esters is 1. The molecule has 5 nitrogen and oxygen atoms in total. The van der Waals surface area contributed by atoms with Crippen molar-refractivity contribution < 1.29 is 23.8 Å². The van der Waals surface area contributed by atoms with Crippen LogP contribution in [0, 0.1) is 23.7 Å². The first kappa shape index (κ1) is 19.3. The quantitative estimate of drug-likeness (QED) is 0.457. The SMILES string of the molecule is C#CCOC(=O)Oc1ccc2c(c1)[C@@]1(C)CCC[C@](C)(C(=O)OC)[C@@H]1CC2. The predicted octanol–water partition coefficient (Wildman–Crippen LogP) is 4.02. The summed E-state index contributed by atoms with van der Waals surface area (Å²) in [5.74, 6) is 2.72. The third kappa shape index (κ3) is 3.29. The average molecular weight is 370 g/mol. The molecule has 1 aromatic rings. The zero-order chi connectivity index (χ0) is 19.7. The van der Waals surface area contributed by atoms with E-state index in [-0.39, 0.29) is 23.9 Å². The zero-order valence-electron chi connectivity index (χ0n) is 16.2. The minimum atomic E-state index is -0.812. The normalized spacial score (nSPS) is 28.9. The second kappa shape index (κ2) is 7.26. The molecule has 0 N–H and O–H groups in total. The van der Waals surface area contributed by atoms with Crippen LogP contribution in [-0.4, -0.2) is 25.8 Å². The molecule has 1 aromatic carbocycles. The Hall–Kier alpha value is -2.48. The molecule has 3 atom stereocenters. The molecule has 0 saturated heterocycles. The molecule has 3 rings (SSSR count). The van der Waals surface area contributed by atoms with Crippen LogP contribution in [0.3, 0.4) is 0 Å². The van der Waals surface area contributed by atoms with Gasteiger partial charge in [-0.15, -0.1) is 6.42 Å². The largest absolute Gasteiger partial charge is 0.514 e. The minimum Gasteiger partial charge on any atom is -0.469 e. The Morgan fingerprint density at radius 2 is 2.07 bits per heavy atom. The number of hydrogen-bond acceptors (Lipinski definition) is 5.